The highest BCUT2D eigenvalue weighted by Gasteiger charge is 2.01. The fourth-order valence-corrected chi connectivity index (χ4v) is 1.70. The van der Waals surface area contributed by atoms with Gasteiger partial charge in [0.15, 0.2) is 0 Å². The molecule has 1 heterocycles. The van der Waals surface area contributed by atoms with Crippen LogP contribution in [0.4, 0.5) is 0 Å². The Labute approximate surface area is 106 Å². The Bertz CT molecular complexity index is 535. The quantitative estimate of drug-likeness (QED) is 0.860. The van der Waals surface area contributed by atoms with E-state index in [4.69, 9.17) is 5.26 Å². The van der Waals surface area contributed by atoms with E-state index in [9.17, 15) is 0 Å². The van der Waals surface area contributed by atoms with Gasteiger partial charge in [0.1, 0.15) is 12.2 Å². The second kappa shape index (κ2) is 5.94. The second-order valence-electron chi connectivity index (χ2n) is 3.90. The van der Waals surface area contributed by atoms with Crippen molar-refractivity contribution in [2.75, 3.05) is 0 Å². The highest BCUT2D eigenvalue weighted by atomic mass is 15.3. The molecule has 0 bridgehead atoms. The first-order chi connectivity index (χ1) is 8.83. The van der Waals surface area contributed by atoms with Crippen LogP contribution in [0.1, 0.15) is 23.9 Å². The van der Waals surface area contributed by atoms with Crippen LogP contribution in [-0.2, 0) is 19.6 Å². The first-order valence-electron chi connectivity index (χ1n) is 5.90. The fourth-order valence-electron chi connectivity index (χ4n) is 1.70. The van der Waals surface area contributed by atoms with E-state index in [1.807, 2.05) is 35.9 Å². The second-order valence-corrected chi connectivity index (χ2v) is 3.90. The first-order valence-corrected chi connectivity index (χ1v) is 5.90. The van der Waals surface area contributed by atoms with Crippen LogP contribution in [0.5, 0.6) is 0 Å². The van der Waals surface area contributed by atoms with E-state index in [1.54, 1.807) is 6.33 Å². The van der Waals surface area contributed by atoms with E-state index in [-0.39, 0.29) is 0 Å². The molecule has 0 aliphatic carbocycles. The molecule has 0 saturated carbocycles. The maximum absolute atomic E-state index is 8.70. The molecule has 0 radical (unpaired) electrons. The molecule has 2 rings (SSSR count). The van der Waals surface area contributed by atoms with Gasteiger partial charge in [-0.2, -0.15) is 10.4 Å². The predicted molar refractivity (Wildman–Crippen MR) is 67.4 cm³/mol. The molecular weight excluding hydrogens is 226 g/mol. The molecule has 0 aliphatic rings. The van der Waals surface area contributed by atoms with E-state index < -0.39 is 0 Å². The summed E-state index contributed by atoms with van der Waals surface area (Å²) >= 11 is 0. The molecule has 0 aliphatic heterocycles. The highest BCUT2D eigenvalue weighted by molar-refractivity contribution is 5.31. The number of aryl methyl sites for hydroxylation is 1. The van der Waals surface area contributed by atoms with Gasteiger partial charge >= 0.3 is 0 Å². The van der Waals surface area contributed by atoms with Crippen LogP contribution < -0.4 is 5.32 Å². The van der Waals surface area contributed by atoms with Crippen molar-refractivity contribution in [1.82, 2.24) is 20.1 Å². The molecule has 0 fully saturated rings. The number of nitrogens with zero attached hydrogens (tertiary/aromatic N) is 4. The van der Waals surface area contributed by atoms with Gasteiger partial charge in [0.25, 0.3) is 0 Å². The molecule has 2 aromatic rings. The van der Waals surface area contributed by atoms with Gasteiger partial charge in [0.2, 0.25) is 0 Å². The Morgan fingerprint density at radius 2 is 2.06 bits per heavy atom. The number of benzene rings is 1. The maximum Gasteiger partial charge on any atom is 0.140 e. The molecular formula is C13H15N5. The molecule has 18 heavy (non-hydrogen) atoms. The monoisotopic (exact) mass is 241 g/mol. The summed E-state index contributed by atoms with van der Waals surface area (Å²) in [5.41, 5.74) is 1.83. The van der Waals surface area contributed by atoms with Crippen LogP contribution >= 0.6 is 0 Å². The van der Waals surface area contributed by atoms with Crippen molar-refractivity contribution in [3.05, 3.63) is 47.5 Å². The predicted octanol–water partition coefficient (Wildman–Crippen LogP) is 1.46. The largest absolute Gasteiger partial charge is 0.306 e. The summed E-state index contributed by atoms with van der Waals surface area (Å²) in [4.78, 5) is 4.19. The Kier molecular flexibility index (Phi) is 4.05. The number of nitriles is 1. The van der Waals surface area contributed by atoms with Crippen molar-refractivity contribution in [2.45, 2.75) is 26.6 Å². The van der Waals surface area contributed by atoms with E-state index in [1.165, 1.54) is 0 Å². The number of aromatic nitrogens is 3. The minimum atomic E-state index is 0.685. The van der Waals surface area contributed by atoms with Gasteiger partial charge < -0.3 is 5.32 Å². The SMILES string of the molecule is CCn1ncnc1CNCc1ccc(C#N)cc1. The fraction of sp³-hybridized carbons (Fsp3) is 0.308. The zero-order valence-corrected chi connectivity index (χ0v) is 10.3. The third-order valence-electron chi connectivity index (χ3n) is 2.69. The number of rotatable bonds is 5. The van der Waals surface area contributed by atoms with E-state index in [2.05, 4.69) is 21.5 Å². The average molecular weight is 241 g/mol. The van der Waals surface area contributed by atoms with E-state index in [0.717, 1.165) is 24.5 Å². The van der Waals surface area contributed by atoms with Gasteiger partial charge in [0, 0.05) is 13.1 Å². The topological polar surface area (TPSA) is 66.5 Å². The van der Waals surface area contributed by atoms with Gasteiger partial charge in [-0.15, -0.1) is 0 Å². The van der Waals surface area contributed by atoms with Crippen LogP contribution in [0.3, 0.4) is 0 Å². The number of nitrogens with one attached hydrogen (secondary N) is 1. The van der Waals surface area contributed by atoms with Crippen LogP contribution in [0, 0.1) is 11.3 Å². The van der Waals surface area contributed by atoms with E-state index in [0.29, 0.717) is 12.1 Å². The Morgan fingerprint density at radius 3 is 2.72 bits per heavy atom. The number of hydrogen-bond donors (Lipinski definition) is 1. The summed E-state index contributed by atoms with van der Waals surface area (Å²) < 4.78 is 1.87. The van der Waals surface area contributed by atoms with Crippen molar-refractivity contribution in [3.63, 3.8) is 0 Å². The zero-order chi connectivity index (χ0) is 12.8. The van der Waals surface area contributed by atoms with Crippen molar-refractivity contribution in [3.8, 4) is 6.07 Å². The summed E-state index contributed by atoms with van der Waals surface area (Å²) in [6, 6.07) is 9.66. The molecule has 0 spiro atoms. The molecule has 0 amide bonds. The third kappa shape index (κ3) is 2.93. The third-order valence-corrected chi connectivity index (χ3v) is 2.69. The average Bonchev–Trinajstić information content (AvgIpc) is 2.87. The summed E-state index contributed by atoms with van der Waals surface area (Å²) in [5, 5.41) is 16.1. The molecule has 1 aromatic heterocycles. The minimum absolute atomic E-state index is 0.685. The summed E-state index contributed by atoms with van der Waals surface area (Å²) in [7, 11) is 0. The lowest BCUT2D eigenvalue weighted by molar-refractivity contribution is 0.572. The molecule has 5 nitrogen and oxygen atoms in total. The molecule has 0 atom stereocenters. The number of hydrogen-bond acceptors (Lipinski definition) is 4. The Balaban J connectivity index is 1.87. The van der Waals surface area contributed by atoms with Gasteiger partial charge in [-0.25, -0.2) is 9.67 Å². The summed E-state index contributed by atoms with van der Waals surface area (Å²) in [6.07, 6.45) is 1.57. The first kappa shape index (κ1) is 12.3. The van der Waals surface area contributed by atoms with Crippen LogP contribution in [-0.4, -0.2) is 14.8 Å². The lowest BCUT2D eigenvalue weighted by Crippen LogP contribution is -2.17. The molecule has 92 valence electrons. The maximum atomic E-state index is 8.70. The summed E-state index contributed by atoms with van der Waals surface area (Å²) in [5.74, 6) is 0.936. The molecule has 0 unspecified atom stereocenters. The van der Waals surface area contributed by atoms with Crippen molar-refractivity contribution >= 4 is 0 Å². The van der Waals surface area contributed by atoms with Gasteiger partial charge in [-0.3, -0.25) is 0 Å². The minimum Gasteiger partial charge on any atom is -0.306 e. The van der Waals surface area contributed by atoms with Crippen LogP contribution in [0.15, 0.2) is 30.6 Å². The standard InChI is InChI=1S/C13H15N5/c1-2-18-13(16-10-17-18)9-15-8-12-5-3-11(7-14)4-6-12/h3-6,10,15H,2,8-9H2,1H3. The molecule has 5 heteroatoms. The molecule has 0 saturated heterocycles. The van der Waals surface area contributed by atoms with Gasteiger partial charge in [-0.05, 0) is 24.6 Å². The molecule has 1 aromatic carbocycles. The van der Waals surface area contributed by atoms with Crippen molar-refractivity contribution in [2.24, 2.45) is 0 Å². The van der Waals surface area contributed by atoms with Crippen LogP contribution in [0.2, 0.25) is 0 Å². The van der Waals surface area contributed by atoms with Gasteiger partial charge in [0.05, 0.1) is 18.2 Å². The Hall–Kier alpha value is -2.19. The lowest BCUT2D eigenvalue weighted by Gasteiger charge is -2.05. The van der Waals surface area contributed by atoms with Crippen molar-refractivity contribution < 1.29 is 0 Å². The smallest absolute Gasteiger partial charge is 0.140 e. The Morgan fingerprint density at radius 1 is 1.28 bits per heavy atom. The van der Waals surface area contributed by atoms with Gasteiger partial charge in [-0.1, -0.05) is 12.1 Å². The summed E-state index contributed by atoms with van der Waals surface area (Å²) in [6.45, 7) is 4.31. The van der Waals surface area contributed by atoms with Crippen LogP contribution in [0.25, 0.3) is 0 Å². The van der Waals surface area contributed by atoms with Crippen molar-refractivity contribution in [1.29, 1.82) is 5.26 Å². The highest BCUT2D eigenvalue weighted by Crippen LogP contribution is 2.03. The molecule has 1 N–H and O–H groups in total. The normalized spacial score (nSPS) is 10.2. The lowest BCUT2D eigenvalue weighted by atomic mass is 10.1. The zero-order valence-electron chi connectivity index (χ0n) is 10.3. The van der Waals surface area contributed by atoms with E-state index >= 15 is 0 Å².